The molecule has 0 bridgehead atoms. The van der Waals surface area contributed by atoms with E-state index in [2.05, 4.69) is 6.92 Å². The lowest BCUT2D eigenvalue weighted by atomic mass is 9.78. The van der Waals surface area contributed by atoms with Gasteiger partial charge in [0.25, 0.3) is 0 Å². The Labute approximate surface area is 93.3 Å². The molecule has 90 valence electrons. The Hall–Kier alpha value is -0.0900. The first-order chi connectivity index (χ1) is 6.82. The molecule has 0 aliphatic heterocycles. The van der Waals surface area contributed by atoms with Gasteiger partial charge in [0.15, 0.2) is 0 Å². The standard InChI is InChI=1S/C11H23NO2S/c1-8(9(2)12)10-5-4-6-11(7-10)15(3,13)14/h8-11H,4-7,12H2,1-3H3. The van der Waals surface area contributed by atoms with E-state index in [1.807, 2.05) is 6.92 Å². The quantitative estimate of drug-likeness (QED) is 0.805. The van der Waals surface area contributed by atoms with Crippen molar-refractivity contribution in [2.75, 3.05) is 6.26 Å². The third kappa shape index (κ3) is 3.45. The Balaban J connectivity index is 2.64. The number of sulfone groups is 1. The van der Waals surface area contributed by atoms with Crippen molar-refractivity contribution in [2.24, 2.45) is 17.6 Å². The maximum absolute atomic E-state index is 11.5. The summed E-state index contributed by atoms with van der Waals surface area (Å²) < 4.78 is 23.0. The van der Waals surface area contributed by atoms with E-state index in [4.69, 9.17) is 5.73 Å². The molecule has 0 aromatic heterocycles. The summed E-state index contributed by atoms with van der Waals surface area (Å²) in [6, 6.07) is 0.160. The number of hydrogen-bond acceptors (Lipinski definition) is 3. The van der Waals surface area contributed by atoms with E-state index in [1.165, 1.54) is 6.26 Å². The lowest BCUT2D eigenvalue weighted by Gasteiger charge is -2.33. The zero-order chi connectivity index (χ0) is 11.6. The molecule has 0 radical (unpaired) electrons. The minimum Gasteiger partial charge on any atom is -0.328 e. The molecular weight excluding hydrogens is 210 g/mol. The molecule has 1 saturated carbocycles. The molecule has 1 rings (SSSR count). The summed E-state index contributed by atoms with van der Waals surface area (Å²) in [7, 11) is -2.86. The minimum absolute atomic E-state index is 0.127. The lowest BCUT2D eigenvalue weighted by Crippen LogP contribution is -2.36. The Bertz CT molecular complexity index is 298. The molecule has 0 aromatic carbocycles. The predicted octanol–water partition coefficient (Wildman–Crippen LogP) is 1.57. The molecule has 1 fully saturated rings. The highest BCUT2D eigenvalue weighted by atomic mass is 32.2. The average Bonchev–Trinajstić information content (AvgIpc) is 2.15. The SMILES string of the molecule is CC(N)C(C)C1CCCC(S(C)(=O)=O)C1. The number of rotatable bonds is 3. The third-order valence-corrected chi connectivity index (χ3v) is 5.48. The van der Waals surface area contributed by atoms with Gasteiger partial charge < -0.3 is 5.73 Å². The van der Waals surface area contributed by atoms with Gasteiger partial charge in [-0.05, 0) is 31.6 Å². The largest absolute Gasteiger partial charge is 0.328 e. The van der Waals surface area contributed by atoms with Gasteiger partial charge in [0.1, 0.15) is 9.84 Å². The van der Waals surface area contributed by atoms with Gasteiger partial charge in [-0.3, -0.25) is 0 Å². The van der Waals surface area contributed by atoms with Crippen molar-refractivity contribution < 1.29 is 8.42 Å². The van der Waals surface area contributed by atoms with Crippen molar-refractivity contribution in [3.8, 4) is 0 Å². The van der Waals surface area contributed by atoms with Gasteiger partial charge in [0.05, 0.1) is 5.25 Å². The fourth-order valence-corrected chi connectivity index (χ4v) is 3.67. The van der Waals surface area contributed by atoms with E-state index in [9.17, 15) is 8.42 Å². The molecule has 0 spiro atoms. The molecular formula is C11H23NO2S. The van der Waals surface area contributed by atoms with Gasteiger partial charge >= 0.3 is 0 Å². The summed E-state index contributed by atoms with van der Waals surface area (Å²) in [6.07, 6.45) is 5.16. The summed E-state index contributed by atoms with van der Waals surface area (Å²) >= 11 is 0. The van der Waals surface area contributed by atoms with E-state index in [0.29, 0.717) is 11.8 Å². The molecule has 4 atom stereocenters. The number of nitrogens with two attached hydrogens (primary N) is 1. The fourth-order valence-electron chi connectivity index (χ4n) is 2.48. The van der Waals surface area contributed by atoms with E-state index < -0.39 is 9.84 Å². The van der Waals surface area contributed by atoms with Gasteiger partial charge in [0, 0.05) is 12.3 Å². The highest BCUT2D eigenvalue weighted by Gasteiger charge is 2.32. The Morgan fingerprint density at radius 1 is 1.27 bits per heavy atom. The van der Waals surface area contributed by atoms with Crippen molar-refractivity contribution in [2.45, 2.75) is 50.8 Å². The molecule has 0 amide bonds. The van der Waals surface area contributed by atoms with Crippen LogP contribution in [0.15, 0.2) is 0 Å². The van der Waals surface area contributed by atoms with Gasteiger partial charge in [-0.25, -0.2) is 8.42 Å². The van der Waals surface area contributed by atoms with Crippen molar-refractivity contribution >= 4 is 9.84 Å². The Kier molecular flexibility index (Phi) is 4.18. The maximum atomic E-state index is 11.5. The van der Waals surface area contributed by atoms with E-state index >= 15 is 0 Å². The Morgan fingerprint density at radius 3 is 2.33 bits per heavy atom. The minimum atomic E-state index is -2.86. The second-order valence-corrected chi connectivity index (χ2v) is 7.42. The van der Waals surface area contributed by atoms with Gasteiger partial charge in [-0.2, -0.15) is 0 Å². The van der Waals surface area contributed by atoms with Crippen LogP contribution in [0.5, 0.6) is 0 Å². The van der Waals surface area contributed by atoms with Crippen molar-refractivity contribution in [3.05, 3.63) is 0 Å². The van der Waals surface area contributed by atoms with Gasteiger partial charge in [0.2, 0.25) is 0 Å². The zero-order valence-electron chi connectivity index (χ0n) is 9.94. The van der Waals surface area contributed by atoms with Crippen LogP contribution >= 0.6 is 0 Å². The first-order valence-corrected chi connectivity index (χ1v) is 7.72. The highest BCUT2D eigenvalue weighted by molar-refractivity contribution is 7.91. The second kappa shape index (κ2) is 4.83. The first-order valence-electron chi connectivity index (χ1n) is 5.76. The maximum Gasteiger partial charge on any atom is 0.150 e. The topological polar surface area (TPSA) is 60.2 Å². The molecule has 1 aliphatic rings. The van der Waals surface area contributed by atoms with Crippen molar-refractivity contribution in [1.82, 2.24) is 0 Å². The van der Waals surface area contributed by atoms with Crippen LogP contribution in [0.2, 0.25) is 0 Å². The molecule has 4 unspecified atom stereocenters. The van der Waals surface area contributed by atoms with Gasteiger partial charge in [-0.1, -0.05) is 19.8 Å². The smallest absolute Gasteiger partial charge is 0.150 e. The van der Waals surface area contributed by atoms with Gasteiger partial charge in [-0.15, -0.1) is 0 Å². The van der Waals surface area contributed by atoms with Crippen LogP contribution in [-0.2, 0) is 9.84 Å². The molecule has 15 heavy (non-hydrogen) atoms. The summed E-state index contributed by atoms with van der Waals surface area (Å²) in [6.45, 7) is 4.15. The molecule has 0 aromatic rings. The van der Waals surface area contributed by atoms with E-state index in [0.717, 1.165) is 25.7 Å². The average molecular weight is 233 g/mol. The third-order valence-electron chi connectivity index (χ3n) is 3.85. The first kappa shape index (κ1) is 13.0. The van der Waals surface area contributed by atoms with Crippen LogP contribution in [0.4, 0.5) is 0 Å². The van der Waals surface area contributed by atoms with E-state index in [1.54, 1.807) is 0 Å². The summed E-state index contributed by atoms with van der Waals surface area (Å²) in [5.74, 6) is 0.910. The van der Waals surface area contributed by atoms with Crippen LogP contribution in [0.25, 0.3) is 0 Å². The predicted molar refractivity (Wildman–Crippen MR) is 63.4 cm³/mol. The fraction of sp³-hybridized carbons (Fsp3) is 1.00. The highest BCUT2D eigenvalue weighted by Crippen LogP contribution is 2.34. The molecule has 0 saturated heterocycles. The lowest BCUT2D eigenvalue weighted by molar-refractivity contribution is 0.240. The van der Waals surface area contributed by atoms with Crippen LogP contribution in [0.3, 0.4) is 0 Å². The van der Waals surface area contributed by atoms with Crippen molar-refractivity contribution in [3.63, 3.8) is 0 Å². The van der Waals surface area contributed by atoms with Crippen LogP contribution in [0, 0.1) is 11.8 Å². The zero-order valence-corrected chi connectivity index (χ0v) is 10.8. The van der Waals surface area contributed by atoms with Crippen molar-refractivity contribution in [1.29, 1.82) is 0 Å². The molecule has 0 heterocycles. The monoisotopic (exact) mass is 233 g/mol. The molecule has 4 heteroatoms. The Morgan fingerprint density at radius 2 is 1.87 bits per heavy atom. The second-order valence-electron chi connectivity index (χ2n) is 5.10. The van der Waals surface area contributed by atoms with E-state index in [-0.39, 0.29) is 11.3 Å². The van der Waals surface area contributed by atoms with Crippen LogP contribution < -0.4 is 5.73 Å². The normalized spacial score (nSPS) is 32.3. The summed E-state index contributed by atoms with van der Waals surface area (Å²) in [5, 5.41) is -0.127. The summed E-state index contributed by atoms with van der Waals surface area (Å²) in [5.41, 5.74) is 5.87. The van der Waals surface area contributed by atoms with Crippen LogP contribution in [0.1, 0.15) is 39.5 Å². The summed E-state index contributed by atoms with van der Waals surface area (Å²) in [4.78, 5) is 0. The number of hydrogen-bond donors (Lipinski definition) is 1. The molecule has 2 N–H and O–H groups in total. The van der Waals surface area contributed by atoms with Crippen LogP contribution in [-0.4, -0.2) is 26.0 Å². The molecule has 3 nitrogen and oxygen atoms in total. The molecule has 1 aliphatic carbocycles.